The van der Waals surface area contributed by atoms with E-state index in [0.29, 0.717) is 11.3 Å². The van der Waals surface area contributed by atoms with E-state index in [9.17, 15) is 8.78 Å². The van der Waals surface area contributed by atoms with Gasteiger partial charge in [0.1, 0.15) is 10.6 Å². The van der Waals surface area contributed by atoms with Crippen molar-refractivity contribution < 1.29 is 13.5 Å². The number of ether oxygens (including phenoxy) is 1. The Balaban J connectivity index is 3.10. The lowest BCUT2D eigenvalue weighted by Crippen LogP contribution is -2.03. The Kier molecular flexibility index (Phi) is 4.31. The van der Waals surface area contributed by atoms with Gasteiger partial charge in [0.25, 0.3) is 6.43 Å². The zero-order chi connectivity index (χ0) is 10.7. The van der Waals surface area contributed by atoms with Crippen LogP contribution in [0, 0.1) is 0 Å². The van der Waals surface area contributed by atoms with Crippen molar-refractivity contribution in [3.63, 3.8) is 0 Å². The quantitative estimate of drug-likeness (QED) is 0.757. The minimum atomic E-state index is -2.46. The fourth-order valence-electron chi connectivity index (χ4n) is 1.06. The molecule has 0 heterocycles. The van der Waals surface area contributed by atoms with Crippen molar-refractivity contribution >= 4 is 31.9 Å². The van der Waals surface area contributed by atoms with Crippen LogP contribution in [0.1, 0.15) is 10.4 Å². The van der Waals surface area contributed by atoms with E-state index in [1.807, 2.05) is 0 Å². The fourth-order valence-corrected chi connectivity index (χ4v) is 1.79. The largest absolute Gasteiger partial charge is 0.496 e. The number of halogens is 4. The average Bonchev–Trinajstić information content (AvgIpc) is 2.16. The molecule has 1 atom stereocenters. The topological polar surface area (TPSA) is 9.23 Å². The van der Waals surface area contributed by atoms with E-state index in [4.69, 9.17) is 4.74 Å². The maximum Gasteiger partial charge on any atom is 0.255 e. The van der Waals surface area contributed by atoms with Gasteiger partial charge in [-0.3, -0.25) is 0 Å². The molecule has 78 valence electrons. The van der Waals surface area contributed by atoms with Crippen LogP contribution in [0.25, 0.3) is 0 Å². The number of alkyl halides is 3. The summed E-state index contributed by atoms with van der Waals surface area (Å²) in [6, 6.07) is 5.01. The van der Waals surface area contributed by atoms with Crippen LogP contribution in [-0.4, -0.2) is 13.5 Å². The summed E-state index contributed by atoms with van der Waals surface area (Å²) in [6.45, 7) is 0. The van der Waals surface area contributed by atoms with E-state index < -0.39 is 11.3 Å². The van der Waals surface area contributed by atoms with Gasteiger partial charge in [-0.15, -0.1) is 0 Å². The maximum atomic E-state index is 12.4. The molecule has 1 aromatic rings. The average molecular weight is 330 g/mol. The summed E-state index contributed by atoms with van der Waals surface area (Å²) < 4.78 is 30.6. The van der Waals surface area contributed by atoms with E-state index in [1.54, 1.807) is 18.2 Å². The van der Waals surface area contributed by atoms with E-state index in [1.165, 1.54) is 7.11 Å². The molecule has 1 rings (SSSR count). The smallest absolute Gasteiger partial charge is 0.255 e. The third-order valence-corrected chi connectivity index (χ3v) is 3.10. The van der Waals surface area contributed by atoms with Gasteiger partial charge in [0.2, 0.25) is 0 Å². The first-order chi connectivity index (χ1) is 6.56. The van der Waals surface area contributed by atoms with Crippen molar-refractivity contribution in [2.75, 3.05) is 7.11 Å². The predicted molar refractivity (Wildman–Crippen MR) is 58.4 cm³/mol. The van der Waals surface area contributed by atoms with Crippen molar-refractivity contribution in [3.8, 4) is 5.75 Å². The number of hydrogen-bond donors (Lipinski definition) is 0. The Morgan fingerprint density at radius 1 is 1.36 bits per heavy atom. The first kappa shape index (κ1) is 11.9. The van der Waals surface area contributed by atoms with Crippen LogP contribution in [0.2, 0.25) is 0 Å². The molecule has 0 bridgehead atoms. The third kappa shape index (κ3) is 2.67. The highest BCUT2D eigenvalue weighted by atomic mass is 79.9. The van der Waals surface area contributed by atoms with E-state index in [-0.39, 0.29) is 0 Å². The zero-order valence-corrected chi connectivity index (χ0v) is 10.5. The second-order valence-electron chi connectivity index (χ2n) is 2.62. The molecular weight excluding hydrogens is 322 g/mol. The number of hydrogen-bond acceptors (Lipinski definition) is 1. The minimum Gasteiger partial charge on any atom is -0.496 e. The Morgan fingerprint density at radius 3 is 2.50 bits per heavy atom. The van der Waals surface area contributed by atoms with Crippen LogP contribution < -0.4 is 4.74 Å². The molecule has 0 N–H and O–H groups in total. The highest BCUT2D eigenvalue weighted by molar-refractivity contribution is 9.10. The minimum absolute atomic E-state index is 0.442. The molecule has 0 saturated heterocycles. The predicted octanol–water partition coefficient (Wildman–Crippen LogP) is 4.16. The molecular formula is C9H8Br2F2O. The van der Waals surface area contributed by atoms with Crippen LogP contribution in [0.4, 0.5) is 8.78 Å². The van der Waals surface area contributed by atoms with Gasteiger partial charge >= 0.3 is 0 Å². The van der Waals surface area contributed by atoms with Crippen molar-refractivity contribution in [1.82, 2.24) is 0 Å². The second kappa shape index (κ2) is 5.07. The van der Waals surface area contributed by atoms with Gasteiger partial charge < -0.3 is 4.74 Å². The maximum absolute atomic E-state index is 12.4. The van der Waals surface area contributed by atoms with E-state index in [2.05, 4.69) is 31.9 Å². The molecule has 1 unspecified atom stereocenters. The summed E-state index contributed by atoms with van der Waals surface area (Å²) in [5.41, 5.74) is 0.442. The SMILES string of the molecule is COc1ccc(Br)cc1C(Br)C(F)F. The number of benzene rings is 1. The lowest BCUT2D eigenvalue weighted by atomic mass is 10.1. The number of methoxy groups -OCH3 is 1. The zero-order valence-electron chi connectivity index (χ0n) is 7.31. The molecule has 0 aliphatic heterocycles. The first-order valence-corrected chi connectivity index (χ1v) is 5.52. The van der Waals surface area contributed by atoms with Gasteiger partial charge in [-0.05, 0) is 18.2 Å². The van der Waals surface area contributed by atoms with E-state index >= 15 is 0 Å². The molecule has 5 heteroatoms. The summed E-state index contributed by atoms with van der Waals surface area (Å²) in [7, 11) is 1.46. The Hall–Kier alpha value is -0.160. The summed E-state index contributed by atoms with van der Waals surface area (Å²) >= 11 is 6.15. The van der Waals surface area contributed by atoms with Crippen molar-refractivity contribution in [1.29, 1.82) is 0 Å². The van der Waals surface area contributed by atoms with Crippen LogP contribution in [0.3, 0.4) is 0 Å². The number of rotatable bonds is 3. The summed E-state index contributed by atoms with van der Waals surface area (Å²) in [4.78, 5) is -1.00. The lowest BCUT2D eigenvalue weighted by Gasteiger charge is -2.13. The molecule has 1 aromatic carbocycles. The summed E-state index contributed by atoms with van der Waals surface area (Å²) in [6.07, 6.45) is -2.46. The summed E-state index contributed by atoms with van der Waals surface area (Å²) in [5.74, 6) is 0.454. The Morgan fingerprint density at radius 2 is 2.00 bits per heavy atom. The van der Waals surface area contributed by atoms with Gasteiger partial charge in [0.05, 0.1) is 7.11 Å². The molecule has 0 aromatic heterocycles. The first-order valence-electron chi connectivity index (χ1n) is 3.82. The summed E-state index contributed by atoms with van der Waals surface area (Å²) in [5, 5.41) is 0. The highest BCUT2D eigenvalue weighted by Gasteiger charge is 2.22. The van der Waals surface area contributed by atoms with Crippen molar-refractivity contribution in [2.24, 2.45) is 0 Å². The normalized spacial score (nSPS) is 13.0. The highest BCUT2D eigenvalue weighted by Crippen LogP contribution is 2.37. The Bertz CT molecular complexity index is 318. The molecule has 0 saturated carbocycles. The van der Waals surface area contributed by atoms with Crippen LogP contribution in [0.5, 0.6) is 5.75 Å². The van der Waals surface area contributed by atoms with Gasteiger partial charge in [-0.2, -0.15) is 0 Å². The van der Waals surface area contributed by atoms with Gasteiger partial charge in [0.15, 0.2) is 0 Å². The molecule has 0 fully saturated rings. The third-order valence-electron chi connectivity index (χ3n) is 1.71. The van der Waals surface area contributed by atoms with Crippen LogP contribution >= 0.6 is 31.9 Å². The standard InChI is InChI=1S/C9H8Br2F2O/c1-14-7-3-2-5(10)4-6(7)8(11)9(12)13/h2-4,8-9H,1H3. The molecule has 0 aliphatic carbocycles. The molecule has 1 nitrogen and oxygen atoms in total. The van der Waals surface area contributed by atoms with Crippen molar-refractivity contribution in [3.05, 3.63) is 28.2 Å². The fraction of sp³-hybridized carbons (Fsp3) is 0.333. The Labute approximate surface area is 97.7 Å². The van der Waals surface area contributed by atoms with Gasteiger partial charge in [0, 0.05) is 10.0 Å². The molecule has 14 heavy (non-hydrogen) atoms. The van der Waals surface area contributed by atoms with E-state index in [0.717, 1.165) is 4.47 Å². The molecule has 0 radical (unpaired) electrons. The monoisotopic (exact) mass is 328 g/mol. The molecule has 0 aliphatic rings. The van der Waals surface area contributed by atoms with Gasteiger partial charge in [-0.1, -0.05) is 31.9 Å². The van der Waals surface area contributed by atoms with Gasteiger partial charge in [-0.25, -0.2) is 8.78 Å². The molecule has 0 spiro atoms. The molecule has 0 amide bonds. The second-order valence-corrected chi connectivity index (χ2v) is 4.52. The lowest BCUT2D eigenvalue weighted by molar-refractivity contribution is 0.146. The van der Waals surface area contributed by atoms with Crippen LogP contribution in [-0.2, 0) is 0 Å². The van der Waals surface area contributed by atoms with Crippen molar-refractivity contribution in [2.45, 2.75) is 11.3 Å². The van der Waals surface area contributed by atoms with Crippen LogP contribution in [0.15, 0.2) is 22.7 Å².